The number of pyridine rings is 2. The van der Waals surface area contributed by atoms with E-state index in [-0.39, 0.29) is 0 Å². The molecule has 1 unspecified atom stereocenters. The highest BCUT2D eigenvalue weighted by molar-refractivity contribution is 5.89. The topological polar surface area (TPSA) is 129 Å². The normalized spacial score (nSPS) is 23.2. The van der Waals surface area contributed by atoms with Gasteiger partial charge in [-0.25, -0.2) is 19.9 Å². The van der Waals surface area contributed by atoms with Crippen LogP contribution in [0.4, 0.5) is 17.6 Å². The molecule has 6 rings (SSSR count). The predicted molar refractivity (Wildman–Crippen MR) is 143 cm³/mol. The molecule has 0 aliphatic carbocycles. The van der Waals surface area contributed by atoms with Gasteiger partial charge in [0.15, 0.2) is 17.8 Å². The van der Waals surface area contributed by atoms with Gasteiger partial charge in [-0.3, -0.25) is 9.69 Å². The van der Waals surface area contributed by atoms with Gasteiger partial charge >= 0.3 is 0 Å². The smallest absolute Gasteiger partial charge is 0.229 e. The van der Waals surface area contributed by atoms with Crippen molar-refractivity contribution in [2.45, 2.75) is 51.0 Å². The average molecular weight is 519 g/mol. The molecule has 6 heterocycles. The number of anilines is 3. The first-order valence-electron chi connectivity index (χ1n) is 13.5. The summed E-state index contributed by atoms with van der Waals surface area (Å²) in [6.07, 6.45) is 6.19. The number of hydrogen-bond donors (Lipinski definition) is 3. The number of nitrogens with zero attached hydrogens (tertiary/aromatic N) is 6. The largest absolute Gasteiger partial charge is 0.387 e. The molecule has 11 heteroatoms. The maximum absolute atomic E-state index is 12.0. The van der Waals surface area contributed by atoms with E-state index in [1.807, 2.05) is 18.2 Å². The number of rotatable bonds is 6. The van der Waals surface area contributed by atoms with Gasteiger partial charge in [0.1, 0.15) is 11.3 Å². The Morgan fingerprint density at radius 2 is 2.05 bits per heavy atom. The third-order valence-electron chi connectivity index (χ3n) is 7.67. The first-order valence-corrected chi connectivity index (χ1v) is 13.5. The number of fused-ring (bicyclic) bond motifs is 2. The van der Waals surface area contributed by atoms with Crippen molar-refractivity contribution in [1.29, 1.82) is 0 Å². The molecule has 2 fully saturated rings. The lowest BCUT2D eigenvalue weighted by atomic mass is 10.0. The van der Waals surface area contributed by atoms with E-state index in [1.165, 1.54) is 6.42 Å². The van der Waals surface area contributed by atoms with E-state index in [0.29, 0.717) is 50.1 Å². The van der Waals surface area contributed by atoms with Gasteiger partial charge in [0.05, 0.1) is 18.4 Å². The molecule has 3 aromatic heterocycles. The molecule has 0 aromatic carbocycles. The maximum atomic E-state index is 12.0. The van der Waals surface area contributed by atoms with E-state index in [4.69, 9.17) is 19.7 Å². The van der Waals surface area contributed by atoms with Crippen LogP contribution in [0.5, 0.6) is 0 Å². The van der Waals surface area contributed by atoms with Gasteiger partial charge in [0.2, 0.25) is 5.95 Å². The highest BCUT2D eigenvalue weighted by atomic mass is 16.5. The Kier molecular flexibility index (Phi) is 6.91. The summed E-state index contributed by atoms with van der Waals surface area (Å²) in [6.45, 7) is 6.63. The standard InChI is InChI=1S/C27H34N8O3/c1-18(37)22-13-20-14-29-26(33-24(20)25(31-22)34-9-3-2-4-10-34)32-23-6-5-19-15-35(11-7-21(19)30-23)27(17-36)16-28-8-12-38-27/h5-6,13-14,17-18,28,37H,2-4,7-12,15-16H2,1H3,(H,29,30,32,33)/t18-,27?/m1/s1. The van der Waals surface area contributed by atoms with Gasteiger partial charge in [-0.15, -0.1) is 0 Å². The Morgan fingerprint density at radius 1 is 1.18 bits per heavy atom. The van der Waals surface area contributed by atoms with Crippen LogP contribution in [0.1, 0.15) is 49.2 Å². The fraction of sp³-hybridized carbons (Fsp3) is 0.519. The van der Waals surface area contributed by atoms with Gasteiger partial charge in [-0.2, -0.15) is 0 Å². The zero-order valence-electron chi connectivity index (χ0n) is 21.7. The summed E-state index contributed by atoms with van der Waals surface area (Å²) in [5.74, 6) is 1.92. The van der Waals surface area contributed by atoms with Crippen LogP contribution < -0.4 is 15.5 Å². The number of aromatic nitrogens is 4. The van der Waals surface area contributed by atoms with E-state index in [1.54, 1.807) is 13.1 Å². The number of ether oxygens (including phenoxy) is 1. The molecule has 0 amide bonds. The van der Waals surface area contributed by atoms with Crippen molar-refractivity contribution < 1.29 is 14.6 Å². The molecular formula is C27H34N8O3. The van der Waals surface area contributed by atoms with E-state index in [9.17, 15) is 9.90 Å². The molecule has 2 atom stereocenters. The van der Waals surface area contributed by atoms with E-state index in [0.717, 1.165) is 66.7 Å². The zero-order chi connectivity index (χ0) is 26.1. The summed E-state index contributed by atoms with van der Waals surface area (Å²) >= 11 is 0. The van der Waals surface area contributed by atoms with Gasteiger partial charge in [0.25, 0.3) is 0 Å². The lowest BCUT2D eigenvalue weighted by Crippen LogP contribution is -2.62. The first kappa shape index (κ1) is 25.1. The van der Waals surface area contributed by atoms with E-state index < -0.39 is 11.8 Å². The van der Waals surface area contributed by atoms with Gasteiger partial charge < -0.3 is 25.4 Å². The molecule has 11 nitrogen and oxygen atoms in total. The quantitative estimate of drug-likeness (QED) is 0.415. The summed E-state index contributed by atoms with van der Waals surface area (Å²) in [6, 6.07) is 5.82. The predicted octanol–water partition coefficient (Wildman–Crippen LogP) is 2.08. The number of aliphatic hydroxyl groups excluding tert-OH is 1. The van der Waals surface area contributed by atoms with Crippen LogP contribution in [0.2, 0.25) is 0 Å². The lowest BCUT2D eigenvalue weighted by Gasteiger charge is -2.44. The van der Waals surface area contributed by atoms with Crippen LogP contribution in [0.15, 0.2) is 24.4 Å². The second kappa shape index (κ2) is 10.5. The average Bonchev–Trinajstić information content (AvgIpc) is 2.97. The van der Waals surface area contributed by atoms with Crippen molar-refractivity contribution >= 4 is 34.8 Å². The number of carbonyl (C=O) groups excluding carboxylic acids is 1. The lowest BCUT2D eigenvalue weighted by molar-refractivity contribution is -0.176. The Balaban J connectivity index is 1.25. The SMILES string of the molecule is C[C@@H](O)c1cc2cnc(Nc3ccc4c(n3)CCN(C3(C=O)CNCCO3)C4)nc2c(N2CCCCC2)n1. The molecule has 0 saturated carbocycles. The summed E-state index contributed by atoms with van der Waals surface area (Å²) in [5, 5.41) is 17.6. The van der Waals surface area contributed by atoms with E-state index >= 15 is 0 Å². The number of carbonyl (C=O) groups is 1. The van der Waals surface area contributed by atoms with Crippen LogP contribution in [-0.4, -0.2) is 81.3 Å². The van der Waals surface area contributed by atoms with Crippen LogP contribution in [-0.2, 0) is 22.5 Å². The minimum Gasteiger partial charge on any atom is -0.387 e. The number of aldehydes is 1. The molecule has 0 spiro atoms. The monoisotopic (exact) mass is 518 g/mol. The van der Waals surface area contributed by atoms with Crippen LogP contribution in [0.3, 0.4) is 0 Å². The summed E-state index contributed by atoms with van der Waals surface area (Å²) < 4.78 is 5.90. The van der Waals surface area contributed by atoms with E-state index in [2.05, 4.69) is 25.4 Å². The molecule has 0 bridgehead atoms. The van der Waals surface area contributed by atoms with Gasteiger partial charge in [-0.05, 0) is 43.9 Å². The van der Waals surface area contributed by atoms with Crippen LogP contribution in [0, 0.1) is 0 Å². The first-order chi connectivity index (χ1) is 18.5. The second-order valence-corrected chi connectivity index (χ2v) is 10.3. The molecule has 3 aliphatic heterocycles. The van der Waals surface area contributed by atoms with Gasteiger partial charge in [0, 0.05) is 63.0 Å². The molecule has 3 N–H and O–H groups in total. The van der Waals surface area contributed by atoms with Crippen molar-refractivity contribution in [3.63, 3.8) is 0 Å². The van der Waals surface area contributed by atoms with Crippen LogP contribution in [0.25, 0.3) is 10.9 Å². The van der Waals surface area contributed by atoms with Crippen molar-refractivity contribution in [3.05, 3.63) is 41.3 Å². The number of piperidine rings is 1. The van der Waals surface area contributed by atoms with Crippen molar-refractivity contribution in [2.75, 3.05) is 49.5 Å². The Bertz CT molecular complexity index is 1320. The minimum atomic E-state index is -0.917. The second-order valence-electron chi connectivity index (χ2n) is 10.3. The third kappa shape index (κ3) is 4.82. The number of nitrogens with one attached hydrogen (secondary N) is 2. The minimum absolute atomic E-state index is 0.453. The molecule has 200 valence electrons. The zero-order valence-corrected chi connectivity index (χ0v) is 21.7. The fourth-order valence-corrected chi connectivity index (χ4v) is 5.54. The number of aliphatic hydroxyl groups is 1. The molecular weight excluding hydrogens is 484 g/mol. The van der Waals surface area contributed by atoms with Crippen LogP contribution >= 0.6 is 0 Å². The summed E-state index contributed by atoms with van der Waals surface area (Å²) in [7, 11) is 0. The molecule has 3 aromatic rings. The Morgan fingerprint density at radius 3 is 2.82 bits per heavy atom. The highest BCUT2D eigenvalue weighted by Gasteiger charge is 2.41. The number of hydrogen-bond acceptors (Lipinski definition) is 11. The highest BCUT2D eigenvalue weighted by Crippen LogP contribution is 2.30. The Hall–Kier alpha value is -3.25. The third-order valence-corrected chi connectivity index (χ3v) is 7.67. The van der Waals surface area contributed by atoms with Gasteiger partial charge in [-0.1, -0.05) is 6.07 Å². The maximum Gasteiger partial charge on any atom is 0.229 e. The summed E-state index contributed by atoms with van der Waals surface area (Å²) in [5.41, 5.74) is 2.55. The fourth-order valence-electron chi connectivity index (χ4n) is 5.54. The molecule has 3 aliphatic rings. The summed E-state index contributed by atoms with van der Waals surface area (Å²) in [4.78, 5) is 35.3. The van der Waals surface area contributed by atoms with Crippen molar-refractivity contribution in [1.82, 2.24) is 30.2 Å². The van der Waals surface area contributed by atoms with Crippen molar-refractivity contribution in [3.8, 4) is 0 Å². The Labute approximate surface area is 221 Å². The molecule has 38 heavy (non-hydrogen) atoms. The number of morpholine rings is 1. The van der Waals surface area contributed by atoms with Crippen molar-refractivity contribution in [2.24, 2.45) is 0 Å². The molecule has 0 radical (unpaired) electrons. The molecule has 2 saturated heterocycles.